The molecule has 0 spiro atoms. The minimum atomic E-state index is -0.430. The van der Waals surface area contributed by atoms with Crippen LogP contribution in [0.2, 0.25) is 0 Å². The summed E-state index contributed by atoms with van der Waals surface area (Å²) in [5, 5.41) is 18.9. The van der Waals surface area contributed by atoms with Crippen molar-refractivity contribution >= 4 is 17.6 Å². The molecule has 1 heterocycles. The smallest absolute Gasteiger partial charge is 0.269 e. The minimum absolute atomic E-state index is 0.0518. The quantitative estimate of drug-likeness (QED) is 0.278. The fourth-order valence-corrected chi connectivity index (χ4v) is 2.56. The van der Waals surface area contributed by atoms with E-state index in [1.54, 1.807) is 18.3 Å². The molecule has 0 aliphatic heterocycles. The first-order chi connectivity index (χ1) is 13.7. The molecule has 0 radical (unpaired) electrons. The number of hydrogen-bond donors (Lipinski definition) is 0. The standard InChI is InChI=1S/C21H14N4O3/c26-25(27)19-12-6-15(7-13-19)14-22-18-10-8-17(9-11-18)21-24-23-20(28-21)16-4-2-1-3-5-16/h1-14H. The number of aliphatic imine (C=N–C) groups is 1. The first kappa shape index (κ1) is 17.3. The summed E-state index contributed by atoms with van der Waals surface area (Å²) < 4.78 is 5.74. The zero-order valence-corrected chi connectivity index (χ0v) is 14.6. The van der Waals surface area contributed by atoms with Gasteiger partial charge in [0.2, 0.25) is 11.8 Å². The van der Waals surface area contributed by atoms with E-state index in [9.17, 15) is 10.1 Å². The molecule has 0 amide bonds. The Morgan fingerprint density at radius 1 is 0.821 bits per heavy atom. The third-order valence-corrected chi connectivity index (χ3v) is 4.03. The van der Waals surface area contributed by atoms with Crippen molar-refractivity contribution < 1.29 is 9.34 Å². The van der Waals surface area contributed by atoms with Crippen LogP contribution in [0.1, 0.15) is 5.56 Å². The molecule has 0 bridgehead atoms. The van der Waals surface area contributed by atoms with E-state index in [2.05, 4.69) is 15.2 Å². The number of non-ortho nitro benzene ring substituents is 1. The van der Waals surface area contributed by atoms with Gasteiger partial charge < -0.3 is 4.42 Å². The van der Waals surface area contributed by atoms with Gasteiger partial charge in [0.1, 0.15) is 0 Å². The Morgan fingerprint density at radius 3 is 2.04 bits per heavy atom. The lowest BCUT2D eigenvalue weighted by molar-refractivity contribution is -0.384. The molecule has 1 aromatic heterocycles. The zero-order chi connectivity index (χ0) is 19.3. The van der Waals surface area contributed by atoms with Crippen LogP contribution >= 0.6 is 0 Å². The molecule has 28 heavy (non-hydrogen) atoms. The molecule has 7 heteroatoms. The Kier molecular flexibility index (Phi) is 4.71. The summed E-state index contributed by atoms with van der Waals surface area (Å²) in [4.78, 5) is 14.6. The van der Waals surface area contributed by atoms with Crippen LogP contribution in [0, 0.1) is 10.1 Å². The molecule has 0 aliphatic rings. The van der Waals surface area contributed by atoms with Gasteiger partial charge in [0, 0.05) is 29.5 Å². The Labute approximate surface area is 160 Å². The second kappa shape index (κ2) is 7.63. The lowest BCUT2D eigenvalue weighted by Crippen LogP contribution is -1.88. The number of aromatic nitrogens is 2. The molecule has 4 aromatic rings. The van der Waals surface area contributed by atoms with E-state index in [4.69, 9.17) is 4.42 Å². The molecule has 0 aliphatic carbocycles. The highest BCUT2D eigenvalue weighted by Gasteiger charge is 2.10. The van der Waals surface area contributed by atoms with Gasteiger partial charge in [-0.05, 0) is 54.1 Å². The van der Waals surface area contributed by atoms with Crippen molar-refractivity contribution in [1.82, 2.24) is 10.2 Å². The number of hydrogen-bond acceptors (Lipinski definition) is 6. The van der Waals surface area contributed by atoms with E-state index in [0.29, 0.717) is 11.8 Å². The highest BCUT2D eigenvalue weighted by atomic mass is 16.6. The summed E-state index contributed by atoms with van der Waals surface area (Å²) in [6.45, 7) is 0. The average molecular weight is 370 g/mol. The monoisotopic (exact) mass is 370 g/mol. The summed E-state index contributed by atoms with van der Waals surface area (Å²) in [5.74, 6) is 0.903. The third kappa shape index (κ3) is 3.83. The van der Waals surface area contributed by atoms with Crippen LogP contribution in [-0.2, 0) is 0 Å². The van der Waals surface area contributed by atoms with Crippen molar-refractivity contribution in [2.75, 3.05) is 0 Å². The Morgan fingerprint density at radius 2 is 1.43 bits per heavy atom. The van der Waals surface area contributed by atoms with Crippen LogP contribution in [0.15, 0.2) is 88.3 Å². The van der Waals surface area contributed by atoms with E-state index in [-0.39, 0.29) is 5.69 Å². The Balaban J connectivity index is 1.48. The van der Waals surface area contributed by atoms with Gasteiger partial charge in [-0.25, -0.2) is 0 Å². The Bertz CT molecular complexity index is 1120. The molecule has 3 aromatic carbocycles. The summed E-state index contributed by atoms with van der Waals surface area (Å²) in [7, 11) is 0. The van der Waals surface area contributed by atoms with Gasteiger partial charge in [0.15, 0.2) is 0 Å². The van der Waals surface area contributed by atoms with Crippen LogP contribution in [0.5, 0.6) is 0 Å². The maximum absolute atomic E-state index is 10.7. The van der Waals surface area contributed by atoms with Crippen molar-refractivity contribution in [2.45, 2.75) is 0 Å². The van der Waals surface area contributed by atoms with Crippen molar-refractivity contribution in [3.63, 3.8) is 0 Å². The van der Waals surface area contributed by atoms with Gasteiger partial charge in [0.25, 0.3) is 5.69 Å². The summed E-state index contributed by atoms with van der Waals surface area (Å²) in [6.07, 6.45) is 1.65. The number of benzene rings is 3. The van der Waals surface area contributed by atoms with E-state index in [0.717, 1.165) is 22.4 Å². The van der Waals surface area contributed by atoms with Crippen LogP contribution in [0.3, 0.4) is 0 Å². The molecule has 0 fully saturated rings. The van der Waals surface area contributed by atoms with Gasteiger partial charge in [-0.2, -0.15) is 0 Å². The summed E-state index contributed by atoms with van der Waals surface area (Å²) >= 11 is 0. The predicted molar refractivity (Wildman–Crippen MR) is 106 cm³/mol. The van der Waals surface area contributed by atoms with Crippen LogP contribution in [0.25, 0.3) is 22.9 Å². The SMILES string of the molecule is O=[N+]([O-])c1ccc(C=Nc2ccc(-c3nnc(-c4ccccc4)o3)cc2)cc1. The Hall–Kier alpha value is -4.13. The number of nitro groups is 1. The number of nitrogens with zero attached hydrogens (tertiary/aromatic N) is 4. The van der Waals surface area contributed by atoms with E-state index in [1.165, 1.54) is 12.1 Å². The fraction of sp³-hybridized carbons (Fsp3) is 0. The second-order valence-corrected chi connectivity index (χ2v) is 5.93. The van der Waals surface area contributed by atoms with Crippen LogP contribution in [-0.4, -0.2) is 21.3 Å². The normalized spacial score (nSPS) is 11.0. The molecular formula is C21H14N4O3. The zero-order valence-electron chi connectivity index (χ0n) is 14.6. The van der Waals surface area contributed by atoms with Gasteiger partial charge in [-0.15, -0.1) is 10.2 Å². The maximum Gasteiger partial charge on any atom is 0.269 e. The van der Waals surface area contributed by atoms with Crippen molar-refractivity contribution in [3.8, 4) is 22.9 Å². The molecule has 0 atom stereocenters. The van der Waals surface area contributed by atoms with Crippen molar-refractivity contribution in [2.24, 2.45) is 4.99 Å². The molecule has 136 valence electrons. The molecule has 0 unspecified atom stereocenters. The predicted octanol–water partition coefficient (Wildman–Crippen LogP) is 5.06. The number of nitro benzene ring substituents is 1. The highest BCUT2D eigenvalue weighted by molar-refractivity contribution is 5.82. The fourth-order valence-electron chi connectivity index (χ4n) is 2.56. The van der Waals surface area contributed by atoms with Gasteiger partial charge in [0.05, 0.1) is 10.6 Å². The molecule has 4 rings (SSSR count). The van der Waals surface area contributed by atoms with E-state index in [1.807, 2.05) is 54.6 Å². The molecule has 7 nitrogen and oxygen atoms in total. The first-order valence-corrected chi connectivity index (χ1v) is 8.47. The van der Waals surface area contributed by atoms with Gasteiger partial charge >= 0.3 is 0 Å². The summed E-state index contributed by atoms with van der Waals surface area (Å²) in [5.41, 5.74) is 3.23. The second-order valence-electron chi connectivity index (χ2n) is 5.93. The molecule has 0 saturated heterocycles. The lowest BCUT2D eigenvalue weighted by Gasteiger charge is -1.97. The largest absolute Gasteiger partial charge is 0.416 e. The average Bonchev–Trinajstić information content (AvgIpc) is 3.24. The topological polar surface area (TPSA) is 94.4 Å². The van der Waals surface area contributed by atoms with Crippen molar-refractivity contribution in [1.29, 1.82) is 0 Å². The van der Waals surface area contributed by atoms with Crippen LogP contribution in [0.4, 0.5) is 11.4 Å². The molecule has 0 N–H and O–H groups in total. The minimum Gasteiger partial charge on any atom is -0.416 e. The maximum atomic E-state index is 10.7. The van der Waals surface area contributed by atoms with E-state index >= 15 is 0 Å². The lowest BCUT2D eigenvalue weighted by atomic mass is 10.2. The first-order valence-electron chi connectivity index (χ1n) is 8.47. The van der Waals surface area contributed by atoms with Crippen LogP contribution < -0.4 is 0 Å². The van der Waals surface area contributed by atoms with Gasteiger partial charge in [-0.1, -0.05) is 18.2 Å². The van der Waals surface area contributed by atoms with Crippen molar-refractivity contribution in [3.05, 3.63) is 94.5 Å². The van der Waals surface area contributed by atoms with Gasteiger partial charge in [-0.3, -0.25) is 15.1 Å². The van der Waals surface area contributed by atoms with E-state index < -0.39 is 4.92 Å². The summed E-state index contributed by atoms with van der Waals surface area (Å²) in [6, 6.07) is 23.2. The number of rotatable bonds is 5. The third-order valence-electron chi connectivity index (χ3n) is 4.03. The molecule has 0 saturated carbocycles. The highest BCUT2D eigenvalue weighted by Crippen LogP contribution is 2.25. The molecular weight excluding hydrogens is 356 g/mol.